The number of hydrogen-bond acceptors (Lipinski definition) is 6. The molecule has 2 N–H and O–H groups in total. The second kappa shape index (κ2) is 6.33. The van der Waals surface area contributed by atoms with Gasteiger partial charge in [-0.1, -0.05) is 17.5 Å². The van der Waals surface area contributed by atoms with Gasteiger partial charge >= 0.3 is 0 Å². The zero-order valence-corrected chi connectivity index (χ0v) is 13.6. The van der Waals surface area contributed by atoms with Crippen molar-refractivity contribution in [2.45, 2.75) is 26.3 Å². The van der Waals surface area contributed by atoms with Gasteiger partial charge in [0.25, 0.3) is 11.8 Å². The van der Waals surface area contributed by atoms with E-state index in [2.05, 4.69) is 20.2 Å². The van der Waals surface area contributed by atoms with E-state index in [-0.39, 0.29) is 24.5 Å². The number of amides is 2. The van der Waals surface area contributed by atoms with Crippen molar-refractivity contribution in [3.63, 3.8) is 0 Å². The highest BCUT2D eigenvalue weighted by Gasteiger charge is 2.20. The molecule has 0 fully saturated rings. The Bertz CT molecular complexity index is 759. The van der Waals surface area contributed by atoms with Crippen LogP contribution < -0.4 is 15.4 Å². The van der Waals surface area contributed by atoms with Gasteiger partial charge in [0.05, 0.1) is 17.4 Å². The van der Waals surface area contributed by atoms with Crippen LogP contribution in [0.2, 0.25) is 0 Å². The van der Waals surface area contributed by atoms with Gasteiger partial charge in [-0.2, -0.15) is 0 Å². The number of nitrogens with one attached hydrogen (secondary N) is 2. The maximum absolute atomic E-state index is 12.3. The lowest BCUT2D eigenvalue weighted by Crippen LogP contribution is -2.28. The fourth-order valence-corrected chi connectivity index (χ4v) is 2.98. The molecule has 23 heavy (non-hydrogen) atoms. The Morgan fingerprint density at radius 2 is 2.35 bits per heavy atom. The van der Waals surface area contributed by atoms with E-state index in [1.165, 1.54) is 0 Å². The van der Waals surface area contributed by atoms with Crippen LogP contribution in [-0.2, 0) is 11.2 Å². The van der Waals surface area contributed by atoms with Gasteiger partial charge in [-0.3, -0.25) is 9.59 Å². The molecular formula is C15H16N4O3S. The number of rotatable bonds is 4. The molecule has 0 aliphatic carbocycles. The molecule has 0 spiro atoms. The molecule has 1 aromatic carbocycles. The van der Waals surface area contributed by atoms with E-state index < -0.39 is 0 Å². The lowest BCUT2D eigenvalue weighted by Gasteiger charge is -2.20. The van der Waals surface area contributed by atoms with Crippen LogP contribution in [-0.4, -0.2) is 28.0 Å². The number of hydrogen-bond donors (Lipinski definition) is 2. The van der Waals surface area contributed by atoms with Crippen molar-refractivity contribution in [1.29, 1.82) is 0 Å². The topological polar surface area (TPSA) is 93.2 Å². The van der Waals surface area contributed by atoms with Crippen molar-refractivity contribution in [2.75, 3.05) is 11.9 Å². The number of nitrogens with zero attached hydrogens (tertiary/aromatic N) is 2. The van der Waals surface area contributed by atoms with E-state index in [4.69, 9.17) is 4.74 Å². The Kier molecular flexibility index (Phi) is 4.24. The first-order valence-electron chi connectivity index (χ1n) is 7.27. The van der Waals surface area contributed by atoms with Gasteiger partial charge in [0, 0.05) is 0 Å². The van der Waals surface area contributed by atoms with Crippen LogP contribution in [0, 0.1) is 0 Å². The molecule has 1 aromatic heterocycles. The van der Waals surface area contributed by atoms with Gasteiger partial charge in [0.1, 0.15) is 10.6 Å². The van der Waals surface area contributed by atoms with Crippen molar-refractivity contribution in [2.24, 2.45) is 0 Å². The van der Waals surface area contributed by atoms with Crippen molar-refractivity contribution >= 4 is 29.0 Å². The normalized spacial score (nSPS) is 14.4. The summed E-state index contributed by atoms with van der Waals surface area (Å²) >= 11 is 1.09. The molecule has 3 rings (SSSR count). The smallest absolute Gasteiger partial charge is 0.265 e. The second-order valence-corrected chi connectivity index (χ2v) is 5.94. The molecule has 0 bridgehead atoms. The van der Waals surface area contributed by atoms with E-state index >= 15 is 0 Å². The minimum atomic E-state index is -0.224. The average Bonchev–Trinajstić information content (AvgIpc) is 3.02. The summed E-state index contributed by atoms with van der Waals surface area (Å²) in [6, 6.07) is 5.24. The van der Waals surface area contributed by atoms with E-state index in [9.17, 15) is 9.59 Å². The summed E-state index contributed by atoms with van der Waals surface area (Å²) in [5, 5.41) is 9.63. The minimum absolute atomic E-state index is 0.0246. The maximum atomic E-state index is 12.3. The van der Waals surface area contributed by atoms with Gasteiger partial charge in [-0.05, 0) is 42.6 Å². The summed E-state index contributed by atoms with van der Waals surface area (Å²) in [4.78, 5) is 24.3. The zero-order valence-electron chi connectivity index (χ0n) is 12.8. The lowest BCUT2D eigenvalue weighted by atomic mass is 10.1. The summed E-state index contributed by atoms with van der Waals surface area (Å²) in [5.74, 6) is 0.254. The number of carbonyl (C=O) groups is 2. The zero-order chi connectivity index (χ0) is 16.4. The highest BCUT2D eigenvalue weighted by atomic mass is 32.1. The van der Waals surface area contributed by atoms with Crippen molar-refractivity contribution < 1.29 is 14.3 Å². The third-order valence-corrected chi connectivity index (χ3v) is 4.35. The molecule has 0 saturated heterocycles. The summed E-state index contributed by atoms with van der Waals surface area (Å²) in [5.41, 5.74) is 2.19. The summed E-state index contributed by atoms with van der Waals surface area (Å²) in [7, 11) is 0. The predicted molar refractivity (Wildman–Crippen MR) is 85.7 cm³/mol. The Labute approximate surface area is 137 Å². The Hall–Kier alpha value is -2.48. The van der Waals surface area contributed by atoms with Crippen LogP contribution in [0.4, 0.5) is 5.69 Å². The van der Waals surface area contributed by atoms with Gasteiger partial charge in [-0.25, -0.2) is 0 Å². The Morgan fingerprint density at radius 3 is 3.13 bits per heavy atom. The molecule has 2 amide bonds. The molecule has 0 radical (unpaired) electrons. The quantitative estimate of drug-likeness (QED) is 0.892. The van der Waals surface area contributed by atoms with Crippen LogP contribution >= 0.6 is 11.5 Å². The van der Waals surface area contributed by atoms with Crippen LogP contribution in [0.25, 0.3) is 0 Å². The van der Waals surface area contributed by atoms with Crippen LogP contribution in [0.3, 0.4) is 0 Å². The number of carbonyl (C=O) groups excluding carboxylic acids is 2. The molecule has 7 nitrogen and oxygen atoms in total. The SMILES string of the molecule is CCc1nnsc1C(=O)N[C@H](C)c1ccc2c(c1)NC(=O)CO2. The highest BCUT2D eigenvalue weighted by molar-refractivity contribution is 7.08. The second-order valence-electron chi connectivity index (χ2n) is 5.19. The maximum Gasteiger partial charge on any atom is 0.265 e. The van der Waals surface area contributed by atoms with E-state index in [1.54, 1.807) is 6.07 Å². The first kappa shape index (κ1) is 15.4. The summed E-state index contributed by atoms with van der Waals surface area (Å²) in [6.45, 7) is 3.84. The molecular weight excluding hydrogens is 316 g/mol. The molecule has 0 unspecified atom stereocenters. The Balaban J connectivity index is 1.76. The van der Waals surface area contributed by atoms with Crippen LogP contribution in [0.1, 0.15) is 40.8 Å². The summed E-state index contributed by atoms with van der Waals surface area (Å²) in [6.07, 6.45) is 0.663. The van der Waals surface area contributed by atoms with Crippen LogP contribution in [0.15, 0.2) is 18.2 Å². The predicted octanol–water partition coefficient (Wildman–Crippen LogP) is 1.92. The van der Waals surface area contributed by atoms with Crippen LogP contribution in [0.5, 0.6) is 5.75 Å². The van der Waals surface area contributed by atoms with Crippen molar-refractivity contribution in [1.82, 2.24) is 14.9 Å². The molecule has 120 valence electrons. The number of aromatic nitrogens is 2. The first-order valence-corrected chi connectivity index (χ1v) is 8.04. The average molecular weight is 332 g/mol. The fraction of sp³-hybridized carbons (Fsp3) is 0.333. The fourth-order valence-electron chi connectivity index (χ4n) is 2.33. The largest absolute Gasteiger partial charge is 0.482 e. The van der Waals surface area contributed by atoms with Crippen molar-refractivity contribution in [3.05, 3.63) is 34.3 Å². The van der Waals surface area contributed by atoms with Gasteiger partial charge < -0.3 is 15.4 Å². The molecule has 0 saturated carbocycles. The van der Waals surface area contributed by atoms with Gasteiger partial charge in [0.15, 0.2) is 6.61 Å². The third kappa shape index (κ3) is 3.16. The molecule has 1 aliphatic rings. The molecule has 8 heteroatoms. The monoisotopic (exact) mass is 332 g/mol. The first-order chi connectivity index (χ1) is 11.1. The number of anilines is 1. The number of fused-ring (bicyclic) bond motifs is 1. The Morgan fingerprint density at radius 1 is 1.52 bits per heavy atom. The minimum Gasteiger partial charge on any atom is -0.482 e. The number of ether oxygens (including phenoxy) is 1. The number of benzene rings is 1. The molecule has 2 heterocycles. The highest BCUT2D eigenvalue weighted by Crippen LogP contribution is 2.30. The van der Waals surface area contributed by atoms with Crippen molar-refractivity contribution in [3.8, 4) is 5.75 Å². The molecule has 1 atom stereocenters. The van der Waals surface area contributed by atoms with Gasteiger partial charge in [0.2, 0.25) is 0 Å². The summed E-state index contributed by atoms with van der Waals surface area (Å²) < 4.78 is 9.15. The van der Waals surface area contributed by atoms with E-state index in [1.807, 2.05) is 26.0 Å². The van der Waals surface area contributed by atoms with Gasteiger partial charge in [-0.15, -0.1) is 5.10 Å². The lowest BCUT2D eigenvalue weighted by molar-refractivity contribution is -0.118. The molecule has 1 aliphatic heterocycles. The third-order valence-electron chi connectivity index (χ3n) is 3.58. The van der Waals surface area contributed by atoms with E-state index in [0.29, 0.717) is 28.4 Å². The standard InChI is InChI=1S/C15H16N4O3S/c1-3-10-14(23-19-18-10)15(21)16-8(2)9-4-5-12-11(6-9)17-13(20)7-22-12/h4-6,8H,3,7H2,1-2H3,(H,16,21)(H,17,20)/t8-/m1/s1. The molecule has 2 aromatic rings. The number of aryl methyl sites for hydroxylation is 1. The van der Waals surface area contributed by atoms with E-state index in [0.717, 1.165) is 17.1 Å².